The number of benzene rings is 3. The summed E-state index contributed by atoms with van der Waals surface area (Å²) in [5, 5.41) is 0. The van der Waals surface area contributed by atoms with Gasteiger partial charge in [-0.1, -0.05) is 30.3 Å². The average molecular weight is 464 g/mol. The second-order valence-electron chi connectivity index (χ2n) is 8.94. The van der Waals surface area contributed by atoms with Crippen molar-refractivity contribution in [2.24, 2.45) is 0 Å². The van der Waals surface area contributed by atoms with Crippen LogP contribution in [0.25, 0.3) is 0 Å². The molecule has 5 nitrogen and oxygen atoms in total. The molecule has 0 aromatic heterocycles. The Morgan fingerprint density at radius 1 is 1.06 bits per heavy atom. The number of halogens is 1. The van der Waals surface area contributed by atoms with E-state index in [-0.39, 0.29) is 11.7 Å². The number of carbonyl (C=O) groups is 1. The minimum atomic E-state index is -0.606. The Kier molecular flexibility index (Phi) is 7.17. The van der Waals surface area contributed by atoms with Gasteiger partial charge in [-0.3, -0.25) is 4.79 Å². The van der Waals surface area contributed by atoms with E-state index >= 15 is 0 Å². The highest BCUT2D eigenvalue weighted by molar-refractivity contribution is 5.79. The molecule has 0 fully saturated rings. The summed E-state index contributed by atoms with van der Waals surface area (Å²) in [6, 6.07) is 19.9. The fourth-order valence-corrected chi connectivity index (χ4v) is 3.99. The maximum Gasteiger partial charge on any atom is 0.227 e. The molecule has 0 aliphatic carbocycles. The topological polar surface area (TPSA) is 48.0 Å². The zero-order chi connectivity index (χ0) is 24.1. The molecule has 0 N–H and O–H groups in total. The average Bonchev–Trinajstić information content (AvgIpc) is 3.05. The standard InChI is InChI=1S/C28H30FNO4/c1-28(2,34-19-21-5-4-6-24(29)15-21)23-9-12-26-22(17-23)18-30(13-14-33-26)27(31)16-20-7-10-25(32-3)11-8-20/h4-12,15,17H,13-14,16,18-19H2,1-3H3. The first kappa shape index (κ1) is 23.8. The van der Waals surface area contributed by atoms with Crippen LogP contribution in [-0.2, 0) is 34.7 Å². The molecule has 0 radical (unpaired) electrons. The monoisotopic (exact) mass is 463 g/mol. The van der Waals surface area contributed by atoms with Crippen LogP contribution in [0, 0.1) is 5.82 Å². The van der Waals surface area contributed by atoms with E-state index in [2.05, 4.69) is 0 Å². The largest absolute Gasteiger partial charge is 0.497 e. The number of rotatable bonds is 7. The van der Waals surface area contributed by atoms with E-state index in [1.165, 1.54) is 12.1 Å². The number of amides is 1. The fraction of sp³-hybridized carbons (Fsp3) is 0.321. The van der Waals surface area contributed by atoms with Crippen LogP contribution in [0.1, 0.15) is 36.1 Å². The highest BCUT2D eigenvalue weighted by Crippen LogP contribution is 2.32. The van der Waals surface area contributed by atoms with Gasteiger partial charge in [-0.05, 0) is 66.9 Å². The normalized spacial score (nSPS) is 13.6. The summed E-state index contributed by atoms with van der Waals surface area (Å²) in [4.78, 5) is 14.9. The molecule has 4 rings (SSSR count). The van der Waals surface area contributed by atoms with Crippen molar-refractivity contribution in [1.29, 1.82) is 0 Å². The smallest absolute Gasteiger partial charge is 0.227 e. The molecule has 1 heterocycles. The first-order valence-corrected chi connectivity index (χ1v) is 11.4. The van der Waals surface area contributed by atoms with Crippen molar-refractivity contribution in [2.75, 3.05) is 20.3 Å². The van der Waals surface area contributed by atoms with Gasteiger partial charge in [-0.25, -0.2) is 4.39 Å². The van der Waals surface area contributed by atoms with Gasteiger partial charge in [0.05, 0.1) is 32.3 Å². The van der Waals surface area contributed by atoms with Crippen LogP contribution in [-0.4, -0.2) is 31.1 Å². The third-order valence-electron chi connectivity index (χ3n) is 6.09. The molecule has 0 saturated carbocycles. The van der Waals surface area contributed by atoms with Crippen LogP contribution in [0.2, 0.25) is 0 Å². The second-order valence-corrected chi connectivity index (χ2v) is 8.94. The van der Waals surface area contributed by atoms with Crippen molar-refractivity contribution in [1.82, 2.24) is 4.90 Å². The highest BCUT2D eigenvalue weighted by atomic mass is 19.1. The number of hydrogen-bond donors (Lipinski definition) is 0. The Morgan fingerprint density at radius 2 is 1.85 bits per heavy atom. The van der Waals surface area contributed by atoms with Gasteiger partial charge in [0.1, 0.15) is 23.9 Å². The van der Waals surface area contributed by atoms with Crippen molar-refractivity contribution in [3.05, 3.63) is 94.8 Å². The van der Waals surface area contributed by atoms with Gasteiger partial charge in [0.25, 0.3) is 0 Å². The summed E-state index contributed by atoms with van der Waals surface area (Å²) in [7, 11) is 1.62. The Labute approximate surface area is 200 Å². The summed E-state index contributed by atoms with van der Waals surface area (Å²) < 4.78 is 30.8. The molecular weight excluding hydrogens is 433 g/mol. The Morgan fingerprint density at radius 3 is 2.59 bits per heavy atom. The highest BCUT2D eigenvalue weighted by Gasteiger charge is 2.25. The number of ether oxygens (including phenoxy) is 3. The van der Waals surface area contributed by atoms with Gasteiger partial charge in [0, 0.05) is 12.1 Å². The van der Waals surface area contributed by atoms with Gasteiger partial charge in [-0.2, -0.15) is 0 Å². The molecule has 0 bridgehead atoms. The van der Waals surface area contributed by atoms with E-state index in [0.29, 0.717) is 32.7 Å². The Balaban J connectivity index is 1.46. The second kappa shape index (κ2) is 10.3. The minimum absolute atomic E-state index is 0.0497. The molecule has 1 amide bonds. The molecule has 3 aromatic rings. The van der Waals surface area contributed by atoms with E-state index in [9.17, 15) is 9.18 Å². The third-order valence-corrected chi connectivity index (χ3v) is 6.09. The Hall–Kier alpha value is -3.38. The van der Waals surface area contributed by atoms with Crippen molar-refractivity contribution in [3.63, 3.8) is 0 Å². The van der Waals surface area contributed by atoms with Gasteiger partial charge in [-0.15, -0.1) is 0 Å². The zero-order valence-electron chi connectivity index (χ0n) is 19.8. The summed E-state index contributed by atoms with van der Waals surface area (Å²) >= 11 is 0. The molecular formula is C28H30FNO4. The quantitative estimate of drug-likeness (QED) is 0.480. The molecule has 34 heavy (non-hydrogen) atoms. The van der Waals surface area contributed by atoms with Crippen LogP contribution in [0.15, 0.2) is 66.7 Å². The maximum absolute atomic E-state index is 13.5. The van der Waals surface area contributed by atoms with Gasteiger partial charge in [0.2, 0.25) is 5.91 Å². The van der Waals surface area contributed by atoms with Crippen molar-refractivity contribution >= 4 is 5.91 Å². The van der Waals surface area contributed by atoms with Gasteiger partial charge in [0.15, 0.2) is 0 Å². The Bertz CT molecular complexity index is 1140. The number of carbonyl (C=O) groups excluding carboxylic acids is 1. The zero-order valence-corrected chi connectivity index (χ0v) is 19.8. The molecule has 0 unspecified atom stereocenters. The van der Waals surface area contributed by atoms with Crippen LogP contribution >= 0.6 is 0 Å². The van der Waals surface area contributed by atoms with Crippen molar-refractivity contribution in [2.45, 2.75) is 39.0 Å². The molecule has 1 aliphatic rings. The maximum atomic E-state index is 13.5. The lowest BCUT2D eigenvalue weighted by molar-refractivity contribution is -0.131. The van der Waals surface area contributed by atoms with Gasteiger partial charge >= 0.3 is 0 Å². The molecule has 6 heteroatoms. The van der Waals surface area contributed by atoms with E-state index in [1.807, 2.05) is 67.3 Å². The molecule has 0 spiro atoms. The number of hydrogen-bond acceptors (Lipinski definition) is 4. The van der Waals surface area contributed by atoms with Crippen LogP contribution in [0.4, 0.5) is 4.39 Å². The molecule has 0 saturated heterocycles. The predicted molar refractivity (Wildman–Crippen MR) is 128 cm³/mol. The van der Waals surface area contributed by atoms with E-state index in [0.717, 1.165) is 33.8 Å². The lowest BCUT2D eigenvalue weighted by Gasteiger charge is -2.27. The van der Waals surface area contributed by atoms with E-state index in [4.69, 9.17) is 14.2 Å². The van der Waals surface area contributed by atoms with Crippen LogP contribution in [0.3, 0.4) is 0 Å². The lowest BCUT2D eigenvalue weighted by atomic mass is 9.95. The number of nitrogens with zero attached hydrogens (tertiary/aromatic N) is 1. The molecule has 178 valence electrons. The summed E-state index contributed by atoms with van der Waals surface area (Å²) in [6.45, 7) is 5.71. The molecule has 3 aromatic carbocycles. The number of fused-ring (bicyclic) bond motifs is 1. The molecule has 0 atom stereocenters. The minimum Gasteiger partial charge on any atom is -0.497 e. The molecule has 1 aliphatic heterocycles. The van der Waals surface area contributed by atoms with Crippen molar-refractivity contribution in [3.8, 4) is 11.5 Å². The summed E-state index contributed by atoms with van der Waals surface area (Å²) in [5.74, 6) is 1.32. The van der Waals surface area contributed by atoms with Crippen molar-refractivity contribution < 1.29 is 23.4 Å². The van der Waals surface area contributed by atoms with E-state index < -0.39 is 5.60 Å². The van der Waals surface area contributed by atoms with Crippen LogP contribution in [0.5, 0.6) is 11.5 Å². The summed E-state index contributed by atoms with van der Waals surface area (Å²) in [5.41, 5.74) is 3.03. The first-order valence-electron chi connectivity index (χ1n) is 11.4. The predicted octanol–water partition coefficient (Wildman–Crippen LogP) is 5.25. The van der Waals surface area contributed by atoms with E-state index in [1.54, 1.807) is 13.2 Å². The fourth-order valence-electron chi connectivity index (χ4n) is 3.99. The lowest BCUT2D eigenvalue weighted by Crippen LogP contribution is -2.33. The third kappa shape index (κ3) is 5.75. The van der Waals surface area contributed by atoms with Crippen LogP contribution < -0.4 is 9.47 Å². The SMILES string of the molecule is COc1ccc(CC(=O)N2CCOc3ccc(C(C)(C)OCc4cccc(F)c4)cc3C2)cc1. The first-order chi connectivity index (χ1) is 16.3. The summed E-state index contributed by atoms with van der Waals surface area (Å²) in [6.07, 6.45) is 0.321. The number of methoxy groups -OCH3 is 1. The van der Waals surface area contributed by atoms with Gasteiger partial charge < -0.3 is 19.1 Å².